The van der Waals surface area contributed by atoms with Crippen molar-refractivity contribution in [3.8, 4) is 17.0 Å². The van der Waals surface area contributed by atoms with Crippen molar-refractivity contribution in [2.24, 2.45) is 4.99 Å². The molecule has 2 aromatic heterocycles. The van der Waals surface area contributed by atoms with E-state index in [-0.39, 0.29) is 23.4 Å². The molecule has 0 aliphatic heterocycles. The van der Waals surface area contributed by atoms with Gasteiger partial charge in [0.1, 0.15) is 5.75 Å². The third-order valence-corrected chi connectivity index (χ3v) is 4.93. The average molecular weight is 430 g/mol. The monoisotopic (exact) mass is 430 g/mol. The van der Waals surface area contributed by atoms with Gasteiger partial charge in [-0.3, -0.25) is 14.6 Å². The number of aldehydes is 1. The van der Waals surface area contributed by atoms with Crippen LogP contribution in [-0.2, 0) is 6.54 Å². The van der Waals surface area contributed by atoms with Crippen LogP contribution in [0.4, 0.5) is 0 Å². The van der Waals surface area contributed by atoms with Crippen molar-refractivity contribution in [3.63, 3.8) is 0 Å². The maximum absolute atomic E-state index is 13.0. The summed E-state index contributed by atoms with van der Waals surface area (Å²) in [5, 5.41) is 20.7. The predicted octanol–water partition coefficient (Wildman–Crippen LogP) is 3.06. The molecule has 2 heterocycles. The molecule has 2 aromatic carbocycles. The summed E-state index contributed by atoms with van der Waals surface area (Å²) in [5.41, 5.74) is 1.97. The fourth-order valence-electron chi connectivity index (χ4n) is 3.49. The Kier molecular flexibility index (Phi) is 5.46. The van der Waals surface area contributed by atoms with Crippen molar-refractivity contribution in [1.82, 2.24) is 14.5 Å². The number of rotatable bonds is 5. The van der Waals surface area contributed by atoms with Gasteiger partial charge in [-0.1, -0.05) is 18.2 Å². The van der Waals surface area contributed by atoms with E-state index in [2.05, 4.69) is 15.0 Å². The van der Waals surface area contributed by atoms with Crippen molar-refractivity contribution in [1.29, 1.82) is 0 Å². The fraction of sp³-hybridized carbons (Fsp3) is 0.167. The van der Waals surface area contributed by atoms with Gasteiger partial charge in [-0.05, 0) is 50.2 Å². The topological polar surface area (TPSA) is 121 Å². The number of aliphatic hydroxyl groups is 1. The SMILES string of the molecule is CC(C)(O)Cn1/c(=N/C(=O)c2ccnc(-c3cccc(C=O)c3O)c2)[nH]c2ccccc21. The lowest BCUT2D eigenvalue weighted by molar-refractivity contribution is 0.0612. The highest BCUT2D eigenvalue weighted by Gasteiger charge is 2.18. The molecule has 162 valence electrons. The maximum atomic E-state index is 13.0. The molecule has 1 amide bonds. The molecular weight excluding hydrogens is 408 g/mol. The Labute approximate surface area is 183 Å². The Balaban J connectivity index is 1.79. The Bertz CT molecular complexity index is 1390. The number of benzene rings is 2. The zero-order valence-corrected chi connectivity index (χ0v) is 17.6. The second-order valence-electron chi connectivity index (χ2n) is 8.07. The quantitative estimate of drug-likeness (QED) is 0.420. The summed E-state index contributed by atoms with van der Waals surface area (Å²) in [6.45, 7) is 3.60. The molecule has 32 heavy (non-hydrogen) atoms. The van der Waals surface area contributed by atoms with Gasteiger partial charge in [0.25, 0.3) is 5.91 Å². The van der Waals surface area contributed by atoms with Gasteiger partial charge < -0.3 is 19.8 Å². The van der Waals surface area contributed by atoms with Crippen molar-refractivity contribution in [2.75, 3.05) is 0 Å². The van der Waals surface area contributed by atoms with E-state index in [1.807, 2.05) is 24.3 Å². The second kappa shape index (κ2) is 8.24. The first-order chi connectivity index (χ1) is 15.3. The van der Waals surface area contributed by atoms with Gasteiger partial charge in [-0.15, -0.1) is 0 Å². The van der Waals surface area contributed by atoms with Gasteiger partial charge >= 0.3 is 0 Å². The van der Waals surface area contributed by atoms with Gasteiger partial charge in [0.05, 0.1) is 34.4 Å². The van der Waals surface area contributed by atoms with E-state index in [1.54, 1.807) is 30.5 Å². The van der Waals surface area contributed by atoms with Gasteiger partial charge in [0.15, 0.2) is 6.29 Å². The summed E-state index contributed by atoms with van der Waals surface area (Å²) in [6, 6.07) is 15.3. The lowest BCUT2D eigenvalue weighted by Crippen LogP contribution is -2.32. The highest BCUT2D eigenvalue weighted by molar-refractivity contribution is 5.96. The number of fused-ring (bicyclic) bond motifs is 1. The lowest BCUT2D eigenvalue weighted by Gasteiger charge is -2.18. The van der Waals surface area contributed by atoms with Gasteiger partial charge in [-0.25, -0.2) is 0 Å². The van der Waals surface area contributed by atoms with Crippen LogP contribution in [0.15, 0.2) is 65.8 Å². The number of hydrogen-bond acceptors (Lipinski definition) is 5. The molecule has 0 bridgehead atoms. The summed E-state index contributed by atoms with van der Waals surface area (Å²) < 4.78 is 1.76. The van der Waals surface area contributed by atoms with E-state index in [4.69, 9.17) is 0 Å². The summed E-state index contributed by atoms with van der Waals surface area (Å²) in [5.74, 6) is -0.717. The molecule has 0 unspecified atom stereocenters. The van der Waals surface area contributed by atoms with Gasteiger partial charge in [0, 0.05) is 17.3 Å². The lowest BCUT2D eigenvalue weighted by atomic mass is 10.0. The molecule has 4 rings (SSSR count). The minimum Gasteiger partial charge on any atom is -0.506 e. The number of nitrogens with zero attached hydrogens (tertiary/aromatic N) is 3. The first-order valence-electron chi connectivity index (χ1n) is 9.99. The number of aromatic nitrogens is 3. The molecule has 0 atom stereocenters. The number of amides is 1. The number of phenols is 1. The molecule has 8 heteroatoms. The molecule has 3 N–H and O–H groups in total. The van der Waals surface area contributed by atoms with E-state index in [9.17, 15) is 19.8 Å². The maximum Gasteiger partial charge on any atom is 0.280 e. The average Bonchev–Trinajstić information content (AvgIpc) is 3.09. The van der Waals surface area contributed by atoms with E-state index < -0.39 is 11.5 Å². The van der Waals surface area contributed by atoms with E-state index in [1.165, 1.54) is 24.4 Å². The molecule has 0 fully saturated rings. The van der Waals surface area contributed by atoms with Crippen LogP contribution in [0.25, 0.3) is 22.3 Å². The highest BCUT2D eigenvalue weighted by Crippen LogP contribution is 2.30. The van der Waals surface area contributed by atoms with E-state index in [0.29, 0.717) is 23.2 Å². The zero-order chi connectivity index (χ0) is 22.9. The molecule has 0 saturated heterocycles. The van der Waals surface area contributed by atoms with Crippen LogP contribution < -0.4 is 5.62 Å². The molecule has 0 aliphatic carbocycles. The molecule has 0 saturated carbocycles. The van der Waals surface area contributed by atoms with Crippen molar-refractivity contribution >= 4 is 23.2 Å². The van der Waals surface area contributed by atoms with E-state index >= 15 is 0 Å². The van der Waals surface area contributed by atoms with Crippen LogP contribution in [0, 0.1) is 0 Å². The third kappa shape index (κ3) is 4.21. The number of aromatic hydroxyl groups is 1. The third-order valence-electron chi connectivity index (χ3n) is 4.93. The number of imidazole rings is 1. The highest BCUT2D eigenvalue weighted by atomic mass is 16.3. The van der Waals surface area contributed by atoms with Crippen molar-refractivity contribution in [3.05, 3.63) is 77.5 Å². The van der Waals surface area contributed by atoms with Crippen LogP contribution in [0.5, 0.6) is 5.75 Å². The first-order valence-corrected chi connectivity index (χ1v) is 9.99. The number of H-pyrrole nitrogens is 1. The van der Waals surface area contributed by atoms with Crippen molar-refractivity contribution in [2.45, 2.75) is 26.0 Å². The predicted molar refractivity (Wildman–Crippen MR) is 119 cm³/mol. The smallest absolute Gasteiger partial charge is 0.280 e. The minimum atomic E-state index is -1.02. The van der Waals surface area contributed by atoms with Crippen LogP contribution in [0.2, 0.25) is 0 Å². The van der Waals surface area contributed by atoms with Crippen molar-refractivity contribution < 1.29 is 19.8 Å². The Hall–Kier alpha value is -4.04. The Morgan fingerprint density at radius 3 is 2.72 bits per heavy atom. The first kappa shape index (κ1) is 21.2. The largest absolute Gasteiger partial charge is 0.506 e. The van der Waals surface area contributed by atoms with Crippen LogP contribution in [-0.4, -0.2) is 42.5 Å². The number of aromatic amines is 1. The minimum absolute atomic E-state index is 0.136. The summed E-state index contributed by atoms with van der Waals surface area (Å²) >= 11 is 0. The number of carbonyl (C=O) groups is 2. The molecular formula is C24H22N4O4. The fourth-order valence-corrected chi connectivity index (χ4v) is 3.49. The number of hydrogen-bond donors (Lipinski definition) is 3. The Morgan fingerprint density at radius 2 is 1.97 bits per heavy atom. The molecule has 0 radical (unpaired) electrons. The van der Waals surface area contributed by atoms with Crippen LogP contribution in [0.1, 0.15) is 34.6 Å². The van der Waals surface area contributed by atoms with Gasteiger partial charge in [-0.2, -0.15) is 4.99 Å². The van der Waals surface area contributed by atoms with Crippen LogP contribution >= 0.6 is 0 Å². The molecule has 0 spiro atoms. The summed E-state index contributed by atoms with van der Waals surface area (Å²) in [7, 11) is 0. The normalized spacial score (nSPS) is 12.3. The van der Waals surface area contributed by atoms with E-state index in [0.717, 1.165) is 11.0 Å². The second-order valence-corrected chi connectivity index (χ2v) is 8.07. The molecule has 8 nitrogen and oxygen atoms in total. The summed E-state index contributed by atoms with van der Waals surface area (Å²) in [4.78, 5) is 35.7. The molecule has 4 aromatic rings. The van der Waals surface area contributed by atoms with Crippen LogP contribution in [0.3, 0.4) is 0 Å². The number of carbonyl (C=O) groups excluding carboxylic acids is 2. The number of para-hydroxylation sites is 3. The molecule has 0 aliphatic rings. The van der Waals surface area contributed by atoms with Gasteiger partial charge in [0.2, 0.25) is 5.62 Å². The Morgan fingerprint density at radius 1 is 1.19 bits per heavy atom. The standard InChI is InChI=1S/C24H22N4O4/c1-24(2,32)14-28-20-9-4-3-8-18(20)26-23(28)27-22(31)15-10-11-25-19(12-15)17-7-5-6-16(13-29)21(17)30/h3-13,30,32H,14H2,1-2H3,(H,26,27,31). The number of phenolic OH excluding ortho intramolecular Hbond substituents is 1. The number of pyridine rings is 1. The summed E-state index contributed by atoms with van der Waals surface area (Å²) in [6.07, 6.45) is 2.00. The zero-order valence-electron chi connectivity index (χ0n) is 17.6. The number of nitrogens with one attached hydrogen (secondary N) is 1.